The Hall–Kier alpha value is -3.65. The maximum Gasteiger partial charge on any atom is 0.337 e. The zero-order chi connectivity index (χ0) is 21.0. The third-order valence-corrected chi connectivity index (χ3v) is 4.37. The third kappa shape index (κ3) is 4.61. The van der Waals surface area contributed by atoms with E-state index < -0.39 is 17.8 Å². The minimum Gasteiger partial charge on any atom is -0.465 e. The summed E-state index contributed by atoms with van der Waals surface area (Å²) in [6.07, 6.45) is 0. The van der Waals surface area contributed by atoms with Gasteiger partial charge in [0.15, 0.2) is 5.69 Å². The van der Waals surface area contributed by atoms with Crippen molar-refractivity contribution in [3.05, 3.63) is 76.4 Å². The largest absolute Gasteiger partial charge is 0.465 e. The van der Waals surface area contributed by atoms with Gasteiger partial charge in [-0.05, 0) is 36.4 Å². The Kier molecular flexibility index (Phi) is 5.94. The lowest BCUT2D eigenvalue weighted by Crippen LogP contribution is -2.14. The molecule has 1 heterocycles. The van der Waals surface area contributed by atoms with Crippen LogP contribution in [0.5, 0.6) is 0 Å². The Balaban J connectivity index is 1.71. The number of rotatable bonds is 5. The van der Waals surface area contributed by atoms with E-state index in [4.69, 9.17) is 11.6 Å². The van der Waals surface area contributed by atoms with Crippen LogP contribution in [0.15, 0.2) is 54.6 Å². The molecule has 3 aromatic rings. The number of aryl methyl sites for hydroxylation is 1. The molecule has 0 saturated carbocycles. The maximum absolute atomic E-state index is 12.5. The summed E-state index contributed by atoms with van der Waals surface area (Å²) in [6.45, 7) is 0. The lowest BCUT2D eigenvalue weighted by atomic mass is 10.2. The zero-order valence-corrected chi connectivity index (χ0v) is 16.4. The summed E-state index contributed by atoms with van der Waals surface area (Å²) < 4.78 is 6.01. The van der Waals surface area contributed by atoms with Crippen LogP contribution in [0.25, 0.3) is 0 Å². The first-order valence-electron chi connectivity index (χ1n) is 8.48. The summed E-state index contributed by atoms with van der Waals surface area (Å²) in [5.74, 6) is -1.01. The number of carbonyl (C=O) groups is 3. The first kappa shape index (κ1) is 20.1. The number of carbonyl (C=O) groups excluding carboxylic acids is 3. The molecule has 2 N–H and O–H groups in total. The van der Waals surface area contributed by atoms with E-state index in [-0.39, 0.29) is 5.69 Å². The van der Waals surface area contributed by atoms with E-state index in [0.29, 0.717) is 27.7 Å². The van der Waals surface area contributed by atoms with Gasteiger partial charge < -0.3 is 15.4 Å². The van der Waals surface area contributed by atoms with Gasteiger partial charge in [-0.25, -0.2) is 4.79 Å². The number of nitrogens with one attached hydrogen (secondary N) is 2. The van der Waals surface area contributed by atoms with E-state index in [1.807, 2.05) is 0 Å². The maximum atomic E-state index is 12.5. The number of anilines is 2. The molecule has 0 spiro atoms. The van der Waals surface area contributed by atoms with Crippen molar-refractivity contribution in [2.45, 2.75) is 0 Å². The van der Waals surface area contributed by atoms with Gasteiger partial charge in [-0.2, -0.15) is 5.10 Å². The van der Waals surface area contributed by atoms with Gasteiger partial charge in [-0.15, -0.1) is 0 Å². The van der Waals surface area contributed by atoms with Crippen molar-refractivity contribution in [1.82, 2.24) is 9.78 Å². The van der Waals surface area contributed by atoms with E-state index in [2.05, 4.69) is 20.5 Å². The number of amides is 2. The lowest BCUT2D eigenvalue weighted by molar-refractivity contribution is 0.0600. The van der Waals surface area contributed by atoms with Crippen LogP contribution in [0.1, 0.15) is 31.2 Å². The highest BCUT2D eigenvalue weighted by molar-refractivity contribution is 6.34. The third-order valence-electron chi connectivity index (χ3n) is 4.04. The van der Waals surface area contributed by atoms with Crippen molar-refractivity contribution in [2.75, 3.05) is 17.7 Å². The molecule has 0 aliphatic rings. The van der Waals surface area contributed by atoms with E-state index in [0.717, 1.165) is 0 Å². The number of ether oxygens (including phenoxy) is 1. The van der Waals surface area contributed by atoms with Crippen LogP contribution in [-0.2, 0) is 11.8 Å². The lowest BCUT2D eigenvalue weighted by Gasteiger charge is -2.06. The number of hydrogen-bond donors (Lipinski definition) is 2. The SMILES string of the molecule is COC(=O)c1ccc(NC(=O)c2cc(NC(=O)c3ccccc3Cl)n(C)n2)cc1. The molecule has 0 saturated heterocycles. The van der Waals surface area contributed by atoms with Crippen LogP contribution >= 0.6 is 11.6 Å². The van der Waals surface area contributed by atoms with Crippen LogP contribution in [0.4, 0.5) is 11.5 Å². The molecule has 2 aromatic carbocycles. The average molecular weight is 413 g/mol. The molecule has 0 radical (unpaired) electrons. The topological polar surface area (TPSA) is 102 Å². The quantitative estimate of drug-likeness (QED) is 0.625. The Labute approximate surface area is 171 Å². The Morgan fingerprint density at radius 2 is 1.69 bits per heavy atom. The molecule has 0 aliphatic heterocycles. The highest BCUT2D eigenvalue weighted by Gasteiger charge is 2.17. The first-order chi connectivity index (χ1) is 13.9. The molecule has 0 unspecified atom stereocenters. The Bertz CT molecular complexity index is 1080. The summed E-state index contributed by atoms with van der Waals surface area (Å²) in [5.41, 5.74) is 1.27. The van der Waals surface area contributed by atoms with Gasteiger partial charge in [-0.3, -0.25) is 14.3 Å². The molecule has 3 rings (SSSR count). The summed E-state index contributed by atoms with van der Waals surface area (Å²) in [7, 11) is 2.89. The number of benzene rings is 2. The Morgan fingerprint density at radius 3 is 2.34 bits per heavy atom. The standard InChI is InChI=1S/C20H17ClN4O4/c1-25-17(23-18(26)14-5-3-4-6-15(14)21)11-16(24-25)19(27)22-13-9-7-12(8-10-13)20(28)29-2/h3-11H,1-2H3,(H,22,27)(H,23,26). The second-order valence-electron chi connectivity index (χ2n) is 6.00. The summed E-state index contributed by atoms with van der Waals surface area (Å²) in [5, 5.41) is 9.79. The van der Waals surface area contributed by atoms with Gasteiger partial charge in [0.2, 0.25) is 0 Å². The smallest absolute Gasteiger partial charge is 0.337 e. The van der Waals surface area contributed by atoms with Crippen LogP contribution in [0.3, 0.4) is 0 Å². The Morgan fingerprint density at radius 1 is 1.00 bits per heavy atom. The van der Waals surface area contributed by atoms with E-state index in [1.165, 1.54) is 30.0 Å². The number of hydrogen-bond acceptors (Lipinski definition) is 5. The second-order valence-corrected chi connectivity index (χ2v) is 6.40. The predicted octanol–water partition coefficient (Wildman–Crippen LogP) is 3.36. The van der Waals surface area contributed by atoms with Gasteiger partial charge in [0, 0.05) is 18.8 Å². The number of halogens is 1. The minimum absolute atomic E-state index is 0.110. The molecule has 148 valence electrons. The molecule has 2 amide bonds. The molecule has 9 heteroatoms. The highest BCUT2D eigenvalue weighted by atomic mass is 35.5. The molecule has 0 aliphatic carbocycles. The van der Waals surface area contributed by atoms with Crippen molar-refractivity contribution < 1.29 is 19.1 Å². The van der Waals surface area contributed by atoms with Crippen LogP contribution in [0, 0.1) is 0 Å². The summed E-state index contributed by atoms with van der Waals surface area (Å²) in [4.78, 5) is 36.3. The normalized spacial score (nSPS) is 10.3. The van der Waals surface area contributed by atoms with E-state index in [1.54, 1.807) is 43.4 Å². The molecule has 0 bridgehead atoms. The van der Waals surface area contributed by atoms with Gasteiger partial charge in [-0.1, -0.05) is 23.7 Å². The average Bonchev–Trinajstić information content (AvgIpc) is 3.08. The van der Waals surface area contributed by atoms with Gasteiger partial charge in [0.25, 0.3) is 11.8 Å². The van der Waals surface area contributed by atoms with E-state index in [9.17, 15) is 14.4 Å². The number of methoxy groups -OCH3 is 1. The first-order valence-corrected chi connectivity index (χ1v) is 8.86. The van der Waals surface area contributed by atoms with Crippen molar-refractivity contribution in [3.8, 4) is 0 Å². The van der Waals surface area contributed by atoms with Gasteiger partial charge in [0.05, 0.1) is 23.3 Å². The van der Waals surface area contributed by atoms with Crippen molar-refractivity contribution in [3.63, 3.8) is 0 Å². The second kappa shape index (κ2) is 8.57. The minimum atomic E-state index is -0.468. The fourth-order valence-corrected chi connectivity index (χ4v) is 2.75. The molecule has 1 aromatic heterocycles. The summed E-state index contributed by atoms with van der Waals surface area (Å²) in [6, 6.07) is 14.3. The van der Waals surface area contributed by atoms with Gasteiger partial charge >= 0.3 is 5.97 Å². The highest BCUT2D eigenvalue weighted by Crippen LogP contribution is 2.18. The molecule has 0 atom stereocenters. The van der Waals surface area contributed by atoms with E-state index >= 15 is 0 Å². The molecule has 0 fully saturated rings. The predicted molar refractivity (Wildman–Crippen MR) is 108 cm³/mol. The molecule has 8 nitrogen and oxygen atoms in total. The fraction of sp³-hybridized carbons (Fsp3) is 0.100. The summed E-state index contributed by atoms with van der Waals surface area (Å²) >= 11 is 6.03. The van der Waals surface area contributed by atoms with Crippen LogP contribution < -0.4 is 10.6 Å². The molecular formula is C20H17ClN4O4. The fourth-order valence-electron chi connectivity index (χ4n) is 2.53. The van der Waals surface area contributed by atoms with Crippen molar-refractivity contribution in [2.24, 2.45) is 7.05 Å². The van der Waals surface area contributed by atoms with Crippen molar-refractivity contribution >= 4 is 40.9 Å². The van der Waals surface area contributed by atoms with Gasteiger partial charge in [0.1, 0.15) is 5.82 Å². The number of aromatic nitrogens is 2. The van der Waals surface area contributed by atoms with Crippen LogP contribution in [0.2, 0.25) is 5.02 Å². The number of nitrogens with zero attached hydrogens (tertiary/aromatic N) is 2. The zero-order valence-electron chi connectivity index (χ0n) is 15.6. The molecule has 29 heavy (non-hydrogen) atoms. The molecular weight excluding hydrogens is 396 g/mol. The monoisotopic (exact) mass is 412 g/mol. The number of esters is 1. The van der Waals surface area contributed by atoms with Crippen LogP contribution in [-0.4, -0.2) is 34.7 Å². The van der Waals surface area contributed by atoms with Crippen molar-refractivity contribution in [1.29, 1.82) is 0 Å².